The average molecular weight is 292 g/mol. The molecule has 1 aromatic rings. The third-order valence-corrected chi connectivity index (χ3v) is 3.77. The van der Waals surface area contributed by atoms with Crippen LogP contribution in [-0.4, -0.2) is 32.7 Å². The number of ether oxygens (including phenoxy) is 2. The Hall–Kier alpha value is -1.75. The molecule has 0 spiro atoms. The minimum absolute atomic E-state index is 0.0256. The molecule has 0 radical (unpaired) electrons. The molecule has 1 aromatic carbocycles. The fraction of sp³-hybridized carbons (Fsp3) is 0.562. The Labute approximate surface area is 126 Å². The molecule has 116 valence electrons. The summed E-state index contributed by atoms with van der Waals surface area (Å²) in [6.07, 6.45) is 5.07. The van der Waals surface area contributed by atoms with Crippen molar-refractivity contribution in [1.82, 2.24) is 5.32 Å². The van der Waals surface area contributed by atoms with E-state index in [0.29, 0.717) is 29.6 Å². The minimum atomic E-state index is 0.0256. The number of methoxy groups -OCH3 is 2. The highest BCUT2D eigenvalue weighted by Crippen LogP contribution is 2.26. The van der Waals surface area contributed by atoms with Crippen LogP contribution in [0.25, 0.3) is 0 Å². The number of amides is 1. The van der Waals surface area contributed by atoms with Gasteiger partial charge in [-0.2, -0.15) is 0 Å². The molecule has 1 unspecified atom stereocenters. The molecule has 2 rings (SSSR count). The quantitative estimate of drug-likeness (QED) is 0.846. The average Bonchev–Trinajstić information content (AvgIpc) is 2.53. The topological polar surface area (TPSA) is 59.6 Å². The lowest BCUT2D eigenvalue weighted by atomic mass is 10.0. The largest absolute Gasteiger partial charge is 0.497 e. The van der Waals surface area contributed by atoms with Crippen molar-refractivity contribution in [3.63, 3.8) is 0 Å². The summed E-state index contributed by atoms with van der Waals surface area (Å²) in [4.78, 5) is 12.0. The fourth-order valence-corrected chi connectivity index (χ4v) is 2.58. The van der Waals surface area contributed by atoms with Crippen LogP contribution in [0.1, 0.15) is 32.1 Å². The van der Waals surface area contributed by atoms with Gasteiger partial charge in [0.25, 0.3) is 0 Å². The summed E-state index contributed by atoms with van der Waals surface area (Å²) in [5.41, 5.74) is 0.702. The van der Waals surface area contributed by atoms with Crippen molar-refractivity contribution < 1.29 is 14.3 Å². The first-order valence-corrected chi connectivity index (χ1v) is 7.47. The Morgan fingerprint density at radius 1 is 1.24 bits per heavy atom. The number of piperidine rings is 1. The Morgan fingerprint density at radius 2 is 1.95 bits per heavy atom. The molecule has 0 aromatic heterocycles. The summed E-state index contributed by atoms with van der Waals surface area (Å²) in [5.74, 6) is 1.36. The minimum Gasteiger partial charge on any atom is -0.497 e. The van der Waals surface area contributed by atoms with Crippen molar-refractivity contribution >= 4 is 11.6 Å². The van der Waals surface area contributed by atoms with Crippen LogP contribution in [0.15, 0.2) is 18.2 Å². The highest BCUT2D eigenvalue weighted by atomic mass is 16.5. The van der Waals surface area contributed by atoms with Crippen molar-refractivity contribution in [3.05, 3.63) is 18.2 Å². The van der Waals surface area contributed by atoms with Crippen molar-refractivity contribution in [2.45, 2.75) is 38.1 Å². The van der Waals surface area contributed by atoms with Crippen LogP contribution < -0.4 is 20.1 Å². The molecule has 0 bridgehead atoms. The predicted octanol–water partition coefficient (Wildman–Crippen LogP) is 2.56. The van der Waals surface area contributed by atoms with Gasteiger partial charge in [0.1, 0.15) is 11.5 Å². The van der Waals surface area contributed by atoms with Crippen molar-refractivity contribution in [2.24, 2.45) is 0 Å². The molecule has 0 saturated carbocycles. The number of hydrogen-bond donors (Lipinski definition) is 2. The summed E-state index contributed by atoms with van der Waals surface area (Å²) in [5, 5.41) is 6.36. The van der Waals surface area contributed by atoms with Gasteiger partial charge in [-0.25, -0.2) is 0 Å². The molecule has 5 heteroatoms. The summed E-state index contributed by atoms with van der Waals surface area (Å²) < 4.78 is 10.4. The monoisotopic (exact) mass is 292 g/mol. The number of rotatable bonds is 6. The van der Waals surface area contributed by atoms with E-state index >= 15 is 0 Å². The molecule has 5 nitrogen and oxygen atoms in total. The molecule has 21 heavy (non-hydrogen) atoms. The molecule has 1 aliphatic heterocycles. The first kappa shape index (κ1) is 15.6. The Morgan fingerprint density at radius 3 is 2.52 bits per heavy atom. The lowest BCUT2D eigenvalue weighted by molar-refractivity contribution is -0.116. The summed E-state index contributed by atoms with van der Waals surface area (Å²) in [6.45, 7) is 1.07. The zero-order chi connectivity index (χ0) is 15.1. The van der Waals surface area contributed by atoms with E-state index in [2.05, 4.69) is 10.6 Å². The molecular weight excluding hydrogens is 268 g/mol. The van der Waals surface area contributed by atoms with Gasteiger partial charge in [0.05, 0.1) is 14.2 Å². The van der Waals surface area contributed by atoms with Crippen LogP contribution >= 0.6 is 0 Å². The van der Waals surface area contributed by atoms with Gasteiger partial charge in [-0.05, 0) is 25.8 Å². The van der Waals surface area contributed by atoms with E-state index in [9.17, 15) is 4.79 Å². The van der Waals surface area contributed by atoms with Crippen molar-refractivity contribution in [3.8, 4) is 11.5 Å². The maximum atomic E-state index is 12.0. The molecule has 2 N–H and O–H groups in total. The second-order valence-electron chi connectivity index (χ2n) is 5.34. The van der Waals surface area contributed by atoms with E-state index in [4.69, 9.17) is 9.47 Å². The molecular formula is C16H24N2O3. The van der Waals surface area contributed by atoms with Gasteiger partial charge in [0.2, 0.25) is 5.91 Å². The highest BCUT2D eigenvalue weighted by molar-refractivity contribution is 5.91. The van der Waals surface area contributed by atoms with Crippen LogP contribution in [0.3, 0.4) is 0 Å². The number of carbonyl (C=O) groups excluding carboxylic acids is 1. The molecule has 0 aliphatic carbocycles. The van der Waals surface area contributed by atoms with E-state index in [1.165, 1.54) is 19.3 Å². The molecule has 1 heterocycles. The SMILES string of the molecule is COc1cc(NC(=O)CCC2CCCCN2)cc(OC)c1. The van der Waals surface area contributed by atoms with Crippen LogP contribution in [-0.2, 0) is 4.79 Å². The van der Waals surface area contributed by atoms with Gasteiger partial charge in [0.15, 0.2) is 0 Å². The maximum absolute atomic E-state index is 12.0. The lowest BCUT2D eigenvalue weighted by Gasteiger charge is -2.23. The third kappa shape index (κ3) is 4.93. The van der Waals surface area contributed by atoms with Gasteiger partial charge >= 0.3 is 0 Å². The number of benzene rings is 1. The summed E-state index contributed by atoms with van der Waals surface area (Å²) in [6, 6.07) is 5.84. The second kappa shape index (κ2) is 7.88. The van der Waals surface area contributed by atoms with Crippen LogP contribution in [0.5, 0.6) is 11.5 Å². The van der Waals surface area contributed by atoms with Gasteiger partial charge < -0.3 is 20.1 Å². The van der Waals surface area contributed by atoms with Gasteiger partial charge in [-0.3, -0.25) is 4.79 Å². The Kier molecular flexibility index (Phi) is 5.87. The van der Waals surface area contributed by atoms with E-state index < -0.39 is 0 Å². The van der Waals surface area contributed by atoms with Crippen LogP contribution in [0.2, 0.25) is 0 Å². The fourth-order valence-electron chi connectivity index (χ4n) is 2.58. The number of nitrogens with one attached hydrogen (secondary N) is 2. The molecule has 1 aliphatic rings. The van der Waals surface area contributed by atoms with E-state index in [1.54, 1.807) is 32.4 Å². The van der Waals surface area contributed by atoms with E-state index in [0.717, 1.165) is 13.0 Å². The van der Waals surface area contributed by atoms with Crippen LogP contribution in [0.4, 0.5) is 5.69 Å². The predicted molar refractivity (Wildman–Crippen MR) is 83.1 cm³/mol. The second-order valence-corrected chi connectivity index (χ2v) is 5.34. The zero-order valence-corrected chi connectivity index (χ0v) is 12.8. The highest BCUT2D eigenvalue weighted by Gasteiger charge is 2.14. The lowest BCUT2D eigenvalue weighted by Crippen LogP contribution is -2.34. The van der Waals surface area contributed by atoms with E-state index in [1.807, 2.05) is 0 Å². The van der Waals surface area contributed by atoms with Gasteiger partial charge in [-0.15, -0.1) is 0 Å². The normalized spacial score (nSPS) is 18.1. The summed E-state index contributed by atoms with van der Waals surface area (Å²) in [7, 11) is 3.18. The maximum Gasteiger partial charge on any atom is 0.224 e. The Bertz CT molecular complexity index is 448. The van der Waals surface area contributed by atoms with E-state index in [-0.39, 0.29) is 5.91 Å². The zero-order valence-electron chi connectivity index (χ0n) is 12.8. The smallest absolute Gasteiger partial charge is 0.224 e. The molecule has 1 atom stereocenters. The summed E-state index contributed by atoms with van der Waals surface area (Å²) >= 11 is 0. The number of hydrogen-bond acceptors (Lipinski definition) is 4. The molecule has 1 amide bonds. The standard InChI is InChI=1S/C16H24N2O3/c1-20-14-9-13(10-15(11-14)21-2)18-16(19)7-6-12-5-3-4-8-17-12/h9-12,17H,3-8H2,1-2H3,(H,18,19). The number of anilines is 1. The molecule has 1 saturated heterocycles. The van der Waals surface area contributed by atoms with Crippen LogP contribution in [0, 0.1) is 0 Å². The van der Waals surface area contributed by atoms with Gasteiger partial charge in [0, 0.05) is 36.3 Å². The first-order chi connectivity index (χ1) is 10.2. The van der Waals surface area contributed by atoms with Crippen molar-refractivity contribution in [1.29, 1.82) is 0 Å². The third-order valence-electron chi connectivity index (χ3n) is 3.77. The number of carbonyl (C=O) groups is 1. The van der Waals surface area contributed by atoms with Gasteiger partial charge in [-0.1, -0.05) is 6.42 Å². The Balaban J connectivity index is 1.86. The first-order valence-electron chi connectivity index (χ1n) is 7.47. The van der Waals surface area contributed by atoms with Crippen molar-refractivity contribution in [2.75, 3.05) is 26.1 Å². The molecule has 1 fully saturated rings.